The van der Waals surface area contributed by atoms with E-state index in [0.29, 0.717) is 18.7 Å². The number of halogens is 2. The van der Waals surface area contributed by atoms with Gasteiger partial charge in [0, 0.05) is 13.1 Å². The Kier molecular flexibility index (Phi) is 4.44. The molecule has 0 aliphatic carbocycles. The van der Waals surface area contributed by atoms with E-state index in [0.717, 1.165) is 11.1 Å². The monoisotopic (exact) mass is 272 g/mol. The van der Waals surface area contributed by atoms with E-state index in [4.69, 9.17) is 5.26 Å². The quantitative estimate of drug-likeness (QED) is 0.852. The summed E-state index contributed by atoms with van der Waals surface area (Å²) in [6, 6.07) is 12.5. The molecule has 0 aliphatic heterocycles. The van der Waals surface area contributed by atoms with E-state index in [2.05, 4.69) is 0 Å². The first-order chi connectivity index (χ1) is 9.56. The Balaban J connectivity index is 2.04. The molecule has 0 spiro atoms. The van der Waals surface area contributed by atoms with Crippen LogP contribution in [0.3, 0.4) is 0 Å². The van der Waals surface area contributed by atoms with Crippen LogP contribution in [0.2, 0.25) is 0 Å². The van der Waals surface area contributed by atoms with Crippen molar-refractivity contribution in [2.45, 2.75) is 13.1 Å². The number of nitrogens with zero attached hydrogens (tertiary/aromatic N) is 2. The van der Waals surface area contributed by atoms with E-state index in [1.807, 2.05) is 18.0 Å². The van der Waals surface area contributed by atoms with Crippen LogP contribution in [0.25, 0.3) is 0 Å². The second-order valence-corrected chi connectivity index (χ2v) is 4.76. The Labute approximate surface area is 116 Å². The molecule has 0 radical (unpaired) electrons. The summed E-state index contributed by atoms with van der Waals surface area (Å²) in [6.07, 6.45) is 0. The van der Waals surface area contributed by atoms with E-state index in [1.165, 1.54) is 24.3 Å². The Hall–Kier alpha value is -2.25. The molecule has 0 aromatic heterocycles. The normalized spacial score (nSPS) is 10.6. The van der Waals surface area contributed by atoms with Gasteiger partial charge < -0.3 is 0 Å². The molecule has 0 fully saturated rings. The molecule has 0 saturated carbocycles. The molecule has 0 atom stereocenters. The smallest absolute Gasteiger partial charge is 0.124 e. The summed E-state index contributed by atoms with van der Waals surface area (Å²) < 4.78 is 26.1. The molecule has 0 aliphatic rings. The zero-order valence-electron chi connectivity index (χ0n) is 11.1. The fourth-order valence-corrected chi connectivity index (χ4v) is 2.08. The minimum atomic E-state index is -0.408. The van der Waals surface area contributed by atoms with Crippen LogP contribution in [0.5, 0.6) is 0 Å². The van der Waals surface area contributed by atoms with Gasteiger partial charge in [0.05, 0.1) is 11.6 Å². The third-order valence-corrected chi connectivity index (χ3v) is 2.90. The number of rotatable bonds is 4. The highest BCUT2D eigenvalue weighted by molar-refractivity contribution is 5.33. The summed E-state index contributed by atoms with van der Waals surface area (Å²) in [4.78, 5) is 1.98. The molecule has 4 heteroatoms. The third-order valence-electron chi connectivity index (χ3n) is 2.90. The van der Waals surface area contributed by atoms with Crippen molar-refractivity contribution in [3.8, 4) is 6.07 Å². The molecule has 2 aromatic rings. The zero-order valence-corrected chi connectivity index (χ0v) is 11.1. The van der Waals surface area contributed by atoms with Gasteiger partial charge in [0.15, 0.2) is 0 Å². The van der Waals surface area contributed by atoms with Crippen LogP contribution in [-0.2, 0) is 13.1 Å². The largest absolute Gasteiger partial charge is 0.298 e. The van der Waals surface area contributed by atoms with Gasteiger partial charge in [-0.2, -0.15) is 5.26 Å². The average Bonchev–Trinajstić information content (AvgIpc) is 2.40. The molecular weight excluding hydrogens is 258 g/mol. The number of hydrogen-bond acceptors (Lipinski definition) is 2. The lowest BCUT2D eigenvalue weighted by atomic mass is 10.1. The second kappa shape index (κ2) is 6.27. The van der Waals surface area contributed by atoms with Crippen LogP contribution in [-0.4, -0.2) is 11.9 Å². The summed E-state index contributed by atoms with van der Waals surface area (Å²) in [5.74, 6) is -0.672. The first kappa shape index (κ1) is 14.2. The number of hydrogen-bond donors (Lipinski definition) is 0. The predicted octanol–water partition coefficient (Wildman–Crippen LogP) is 3.47. The van der Waals surface area contributed by atoms with Gasteiger partial charge >= 0.3 is 0 Å². The summed E-state index contributed by atoms with van der Waals surface area (Å²) in [5.41, 5.74) is 2.03. The Morgan fingerprint density at radius 2 is 1.60 bits per heavy atom. The third kappa shape index (κ3) is 3.87. The van der Waals surface area contributed by atoms with E-state index in [1.54, 1.807) is 18.2 Å². The SMILES string of the molecule is CN(Cc1ccc(F)cc1)Cc1cc(F)cc(C#N)c1. The minimum Gasteiger partial charge on any atom is -0.298 e. The summed E-state index contributed by atoms with van der Waals surface area (Å²) >= 11 is 0. The maximum atomic E-state index is 13.3. The molecule has 0 bridgehead atoms. The lowest BCUT2D eigenvalue weighted by Crippen LogP contribution is -2.17. The van der Waals surface area contributed by atoms with Crippen LogP contribution in [0.4, 0.5) is 8.78 Å². The van der Waals surface area contributed by atoms with Crippen molar-refractivity contribution >= 4 is 0 Å². The maximum absolute atomic E-state index is 13.3. The fourth-order valence-electron chi connectivity index (χ4n) is 2.08. The molecule has 102 valence electrons. The predicted molar refractivity (Wildman–Crippen MR) is 72.7 cm³/mol. The van der Waals surface area contributed by atoms with Gasteiger partial charge in [-0.15, -0.1) is 0 Å². The molecule has 0 saturated heterocycles. The average molecular weight is 272 g/mol. The highest BCUT2D eigenvalue weighted by Crippen LogP contribution is 2.12. The van der Waals surface area contributed by atoms with Crippen LogP contribution >= 0.6 is 0 Å². The summed E-state index contributed by atoms with van der Waals surface area (Å²) in [5, 5.41) is 8.82. The van der Waals surface area contributed by atoms with Gasteiger partial charge in [-0.1, -0.05) is 12.1 Å². The second-order valence-electron chi connectivity index (χ2n) is 4.76. The van der Waals surface area contributed by atoms with Gasteiger partial charge in [-0.05, 0) is 48.5 Å². The molecule has 0 unspecified atom stereocenters. The van der Waals surface area contributed by atoms with Gasteiger partial charge in [-0.25, -0.2) is 8.78 Å². The summed E-state index contributed by atoms with van der Waals surface area (Å²) in [6.45, 7) is 1.14. The van der Waals surface area contributed by atoms with E-state index >= 15 is 0 Å². The standard InChI is InChI=1S/C16H14F2N2/c1-20(10-12-2-4-15(17)5-3-12)11-14-6-13(9-19)7-16(18)8-14/h2-8H,10-11H2,1H3. The Morgan fingerprint density at radius 3 is 2.25 bits per heavy atom. The highest BCUT2D eigenvalue weighted by atomic mass is 19.1. The summed E-state index contributed by atoms with van der Waals surface area (Å²) in [7, 11) is 1.89. The van der Waals surface area contributed by atoms with Crippen LogP contribution < -0.4 is 0 Å². The Morgan fingerprint density at radius 1 is 0.950 bits per heavy atom. The zero-order chi connectivity index (χ0) is 14.5. The highest BCUT2D eigenvalue weighted by Gasteiger charge is 2.05. The van der Waals surface area contributed by atoms with Gasteiger partial charge in [-0.3, -0.25) is 4.90 Å². The van der Waals surface area contributed by atoms with Crippen molar-refractivity contribution in [2.24, 2.45) is 0 Å². The number of nitriles is 1. The first-order valence-electron chi connectivity index (χ1n) is 6.19. The molecule has 2 rings (SSSR count). The van der Waals surface area contributed by atoms with Crippen LogP contribution in [0, 0.1) is 23.0 Å². The van der Waals surface area contributed by atoms with Crippen molar-refractivity contribution in [3.63, 3.8) is 0 Å². The van der Waals surface area contributed by atoms with Crippen LogP contribution in [0.1, 0.15) is 16.7 Å². The molecule has 0 N–H and O–H groups in total. The topological polar surface area (TPSA) is 27.0 Å². The molecule has 2 aromatic carbocycles. The van der Waals surface area contributed by atoms with Crippen LogP contribution in [0.15, 0.2) is 42.5 Å². The van der Waals surface area contributed by atoms with Gasteiger partial charge in [0.1, 0.15) is 11.6 Å². The lowest BCUT2D eigenvalue weighted by molar-refractivity contribution is 0.318. The minimum absolute atomic E-state index is 0.264. The van der Waals surface area contributed by atoms with E-state index in [9.17, 15) is 8.78 Å². The molecular formula is C16H14F2N2. The van der Waals surface area contributed by atoms with Crippen molar-refractivity contribution < 1.29 is 8.78 Å². The van der Waals surface area contributed by atoms with E-state index < -0.39 is 5.82 Å². The molecule has 0 amide bonds. The fraction of sp³-hybridized carbons (Fsp3) is 0.188. The Bertz CT molecular complexity index is 630. The molecule has 2 nitrogen and oxygen atoms in total. The lowest BCUT2D eigenvalue weighted by Gasteiger charge is -2.17. The van der Waals surface area contributed by atoms with Gasteiger partial charge in [0.2, 0.25) is 0 Å². The van der Waals surface area contributed by atoms with Crippen molar-refractivity contribution in [2.75, 3.05) is 7.05 Å². The maximum Gasteiger partial charge on any atom is 0.124 e. The first-order valence-corrected chi connectivity index (χ1v) is 6.19. The van der Waals surface area contributed by atoms with Crippen molar-refractivity contribution in [1.29, 1.82) is 5.26 Å². The van der Waals surface area contributed by atoms with Crippen molar-refractivity contribution in [3.05, 3.63) is 70.8 Å². The molecule has 0 heterocycles. The number of benzene rings is 2. The van der Waals surface area contributed by atoms with Crippen molar-refractivity contribution in [1.82, 2.24) is 4.90 Å². The molecule has 20 heavy (non-hydrogen) atoms. The van der Waals surface area contributed by atoms with E-state index in [-0.39, 0.29) is 5.82 Å². The van der Waals surface area contributed by atoms with Gasteiger partial charge in [0.25, 0.3) is 0 Å².